The number of nitrogens with one attached hydrogen (secondary N) is 1. The highest BCUT2D eigenvalue weighted by Crippen LogP contribution is 2.33. The second-order valence-electron chi connectivity index (χ2n) is 5.84. The van der Waals surface area contributed by atoms with Crippen molar-refractivity contribution < 1.29 is 14.7 Å². The predicted molar refractivity (Wildman–Crippen MR) is 70.8 cm³/mol. The van der Waals surface area contributed by atoms with E-state index in [-0.39, 0.29) is 18.5 Å². The maximum atomic E-state index is 12.3. The van der Waals surface area contributed by atoms with Gasteiger partial charge < -0.3 is 21.1 Å². The van der Waals surface area contributed by atoms with Crippen molar-refractivity contribution in [3.8, 4) is 0 Å². The number of likely N-dealkylation sites (tertiary alicyclic amines) is 1. The zero-order valence-electron chi connectivity index (χ0n) is 11.2. The van der Waals surface area contributed by atoms with Gasteiger partial charge in [0.25, 0.3) is 0 Å². The molecule has 2 aliphatic rings. The summed E-state index contributed by atoms with van der Waals surface area (Å²) in [6.07, 6.45) is 5.35. The van der Waals surface area contributed by atoms with Gasteiger partial charge in [-0.1, -0.05) is 12.8 Å². The van der Waals surface area contributed by atoms with Crippen molar-refractivity contribution in [2.45, 2.75) is 56.5 Å². The zero-order valence-corrected chi connectivity index (χ0v) is 11.2. The van der Waals surface area contributed by atoms with Crippen LogP contribution in [0.15, 0.2) is 0 Å². The summed E-state index contributed by atoms with van der Waals surface area (Å²) >= 11 is 0. The lowest BCUT2D eigenvalue weighted by Gasteiger charge is -2.35. The van der Waals surface area contributed by atoms with Gasteiger partial charge in [-0.05, 0) is 25.7 Å². The average Bonchev–Trinajstić information content (AvgIpc) is 2.76. The minimum Gasteiger partial charge on any atom is -0.481 e. The lowest BCUT2D eigenvalue weighted by Crippen LogP contribution is -2.56. The number of rotatable bonds is 3. The van der Waals surface area contributed by atoms with Crippen molar-refractivity contribution in [2.75, 3.05) is 13.1 Å². The molecule has 1 heterocycles. The van der Waals surface area contributed by atoms with E-state index in [0.29, 0.717) is 13.1 Å². The molecule has 0 bridgehead atoms. The van der Waals surface area contributed by atoms with E-state index in [0.717, 1.165) is 38.5 Å². The molecule has 1 saturated carbocycles. The second-order valence-corrected chi connectivity index (χ2v) is 5.84. The highest BCUT2D eigenvalue weighted by atomic mass is 16.4. The molecule has 1 atom stereocenters. The first-order valence-corrected chi connectivity index (χ1v) is 7.05. The van der Waals surface area contributed by atoms with Crippen LogP contribution < -0.4 is 11.1 Å². The fourth-order valence-electron chi connectivity index (χ4n) is 3.19. The Balaban J connectivity index is 1.96. The van der Waals surface area contributed by atoms with E-state index in [1.807, 2.05) is 0 Å². The van der Waals surface area contributed by atoms with Crippen molar-refractivity contribution in [3.05, 3.63) is 0 Å². The number of nitrogens with two attached hydrogens (primary N) is 1. The first-order chi connectivity index (χ1) is 9.01. The molecule has 0 aromatic heterocycles. The molecule has 4 N–H and O–H groups in total. The first-order valence-electron chi connectivity index (χ1n) is 7.05. The summed E-state index contributed by atoms with van der Waals surface area (Å²) in [5.74, 6) is -0.849. The zero-order chi connectivity index (χ0) is 13.9. The highest BCUT2D eigenvalue weighted by Gasteiger charge is 2.38. The van der Waals surface area contributed by atoms with Crippen LogP contribution in [-0.2, 0) is 4.79 Å². The van der Waals surface area contributed by atoms with Gasteiger partial charge in [-0.15, -0.1) is 0 Å². The third kappa shape index (κ3) is 3.59. The van der Waals surface area contributed by atoms with E-state index in [1.165, 1.54) is 0 Å². The van der Waals surface area contributed by atoms with E-state index in [4.69, 9.17) is 10.8 Å². The third-order valence-corrected chi connectivity index (χ3v) is 4.17. The molecule has 2 rings (SSSR count). The molecule has 108 valence electrons. The quantitative estimate of drug-likeness (QED) is 0.709. The molecule has 6 nitrogen and oxygen atoms in total. The van der Waals surface area contributed by atoms with Crippen LogP contribution in [0.5, 0.6) is 0 Å². The maximum Gasteiger partial charge on any atom is 0.317 e. The van der Waals surface area contributed by atoms with Crippen LogP contribution in [0.2, 0.25) is 0 Å². The van der Waals surface area contributed by atoms with Crippen LogP contribution in [0.25, 0.3) is 0 Å². The van der Waals surface area contributed by atoms with Crippen LogP contribution in [0.3, 0.4) is 0 Å². The van der Waals surface area contributed by atoms with Crippen LogP contribution in [0, 0.1) is 0 Å². The van der Waals surface area contributed by atoms with Crippen molar-refractivity contribution in [3.63, 3.8) is 0 Å². The Labute approximate surface area is 113 Å². The smallest absolute Gasteiger partial charge is 0.317 e. The standard InChI is InChI=1S/C13H23N3O3/c14-10-4-3-7-16(9-10)12(19)15-13(8-11(17)18)5-1-2-6-13/h10H,1-9,14H2,(H,15,19)(H,17,18). The number of amides is 2. The van der Waals surface area contributed by atoms with Crippen LogP contribution >= 0.6 is 0 Å². The van der Waals surface area contributed by atoms with Crippen LogP contribution in [0.1, 0.15) is 44.9 Å². The molecule has 1 aliphatic heterocycles. The summed E-state index contributed by atoms with van der Waals surface area (Å²) in [4.78, 5) is 25.0. The van der Waals surface area contributed by atoms with Crippen molar-refractivity contribution >= 4 is 12.0 Å². The Morgan fingerprint density at radius 3 is 2.58 bits per heavy atom. The molecule has 0 radical (unpaired) electrons. The largest absolute Gasteiger partial charge is 0.481 e. The van der Waals surface area contributed by atoms with E-state index >= 15 is 0 Å². The van der Waals surface area contributed by atoms with E-state index < -0.39 is 11.5 Å². The number of hydrogen-bond acceptors (Lipinski definition) is 3. The van der Waals surface area contributed by atoms with Gasteiger partial charge in [0.15, 0.2) is 0 Å². The molecule has 6 heteroatoms. The number of aliphatic carboxylic acids is 1. The topological polar surface area (TPSA) is 95.7 Å². The molecule has 19 heavy (non-hydrogen) atoms. The Morgan fingerprint density at radius 1 is 1.32 bits per heavy atom. The molecule has 1 aliphatic carbocycles. The van der Waals surface area contributed by atoms with E-state index in [2.05, 4.69) is 5.32 Å². The van der Waals surface area contributed by atoms with E-state index in [9.17, 15) is 9.59 Å². The molecule has 0 spiro atoms. The lowest BCUT2D eigenvalue weighted by molar-refractivity contribution is -0.138. The highest BCUT2D eigenvalue weighted by molar-refractivity contribution is 5.77. The number of urea groups is 1. The first kappa shape index (κ1) is 14.1. The molecule has 2 fully saturated rings. The maximum absolute atomic E-state index is 12.3. The Bertz CT molecular complexity index is 353. The number of carbonyl (C=O) groups is 2. The summed E-state index contributed by atoms with van der Waals surface area (Å²) in [6.45, 7) is 1.28. The van der Waals surface area contributed by atoms with Crippen molar-refractivity contribution in [2.24, 2.45) is 5.73 Å². The molecular weight excluding hydrogens is 246 g/mol. The normalized spacial score (nSPS) is 26.2. The molecule has 1 saturated heterocycles. The number of carbonyl (C=O) groups excluding carboxylic acids is 1. The second kappa shape index (κ2) is 5.77. The average molecular weight is 269 g/mol. The summed E-state index contributed by atoms with van der Waals surface area (Å²) in [7, 11) is 0. The molecule has 0 aromatic carbocycles. The van der Waals surface area contributed by atoms with Crippen LogP contribution in [-0.4, -0.2) is 46.7 Å². The Kier molecular flexibility index (Phi) is 4.29. The molecule has 0 aromatic rings. The summed E-state index contributed by atoms with van der Waals surface area (Å²) in [6, 6.07) is -0.114. The summed E-state index contributed by atoms with van der Waals surface area (Å²) < 4.78 is 0. The number of nitrogens with zero attached hydrogens (tertiary/aromatic N) is 1. The van der Waals surface area contributed by atoms with Crippen molar-refractivity contribution in [1.82, 2.24) is 10.2 Å². The summed E-state index contributed by atoms with van der Waals surface area (Å²) in [5.41, 5.74) is 5.32. The van der Waals surface area contributed by atoms with Gasteiger partial charge in [0.05, 0.1) is 12.0 Å². The fourth-order valence-corrected chi connectivity index (χ4v) is 3.19. The summed E-state index contributed by atoms with van der Waals surface area (Å²) in [5, 5.41) is 12.0. The minimum atomic E-state index is -0.849. The van der Waals surface area contributed by atoms with Gasteiger partial charge in [-0.2, -0.15) is 0 Å². The van der Waals surface area contributed by atoms with Gasteiger partial charge in [-0.25, -0.2) is 4.79 Å². The lowest BCUT2D eigenvalue weighted by atomic mass is 9.93. The molecule has 1 unspecified atom stereocenters. The number of carboxylic acid groups (broad SMARTS) is 1. The van der Waals surface area contributed by atoms with Gasteiger partial charge in [0.2, 0.25) is 0 Å². The number of carboxylic acids is 1. The molecular formula is C13H23N3O3. The number of piperidine rings is 1. The SMILES string of the molecule is NC1CCCN(C(=O)NC2(CC(=O)O)CCCC2)C1. The predicted octanol–water partition coefficient (Wildman–Crippen LogP) is 0.907. The van der Waals surface area contributed by atoms with Gasteiger partial charge in [0.1, 0.15) is 0 Å². The molecule has 2 amide bonds. The fraction of sp³-hybridized carbons (Fsp3) is 0.846. The third-order valence-electron chi connectivity index (χ3n) is 4.17. The number of hydrogen-bond donors (Lipinski definition) is 3. The van der Waals surface area contributed by atoms with Gasteiger partial charge >= 0.3 is 12.0 Å². The van der Waals surface area contributed by atoms with Gasteiger partial charge in [0, 0.05) is 19.1 Å². The van der Waals surface area contributed by atoms with Crippen molar-refractivity contribution in [1.29, 1.82) is 0 Å². The Morgan fingerprint density at radius 2 is 2.00 bits per heavy atom. The Hall–Kier alpha value is -1.30. The minimum absolute atomic E-state index is 0.0125. The van der Waals surface area contributed by atoms with Crippen LogP contribution in [0.4, 0.5) is 4.79 Å². The van der Waals surface area contributed by atoms with Gasteiger partial charge in [-0.3, -0.25) is 4.79 Å². The monoisotopic (exact) mass is 269 g/mol. The van der Waals surface area contributed by atoms with E-state index in [1.54, 1.807) is 4.90 Å².